The molecule has 6 nitrogen and oxygen atoms in total. The van der Waals surface area contributed by atoms with Gasteiger partial charge in [-0.1, -0.05) is 12.1 Å². The Bertz CT molecular complexity index is 825. The minimum Gasteiger partial charge on any atom is -0.508 e. The summed E-state index contributed by atoms with van der Waals surface area (Å²) in [6, 6.07) is 14.4. The maximum absolute atomic E-state index is 9.65. The van der Waals surface area contributed by atoms with E-state index in [4.69, 9.17) is 10.5 Å². The minimum absolute atomic E-state index is 0.00290. The van der Waals surface area contributed by atoms with Crippen LogP contribution in [0.2, 0.25) is 0 Å². The van der Waals surface area contributed by atoms with Crippen molar-refractivity contribution in [3.05, 3.63) is 48.5 Å². The molecule has 3 aromatic rings. The number of aromatic hydroxyl groups is 1. The van der Waals surface area contributed by atoms with Crippen molar-refractivity contribution in [3.8, 4) is 22.8 Å². The number of aromatic amines is 1. The van der Waals surface area contributed by atoms with E-state index in [1.807, 2.05) is 44.2 Å². The van der Waals surface area contributed by atoms with Gasteiger partial charge in [0.05, 0.1) is 17.5 Å². The van der Waals surface area contributed by atoms with E-state index in [1.54, 1.807) is 18.2 Å². The number of nitrogens with zero attached hydrogens (tertiary/aromatic N) is 1. The fourth-order valence-corrected chi connectivity index (χ4v) is 2.30. The number of nitrogens with two attached hydrogens (primary N) is 1. The molecule has 0 saturated heterocycles. The highest BCUT2D eigenvalue weighted by Crippen LogP contribution is 2.32. The maximum atomic E-state index is 9.65. The summed E-state index contributed by atoms with van der Waals surface area (Å²) in [5.74, 6) is 1.38. The largest absolute Gasteiger partial charge is 0.508 e. The highest BCUT2D eigenvalue weighted by molar-refractivity contribution is 5.70. The summed E-state index contributed by atoms with van der Waals surface area (Å²) in [4.78, 5) is 0. The molecule has 0 aliphatic heterocycles. The number of nitrogen functional groups attached to an aromatic ring is 1. The van der Waals surface area contributed by atoms with Crippen molar-refractivity contribution in [1.29, 1.82) is 0 Å². The molecule has 1 heterocycles. The van der Waals surface area contributed by atoms with E-state index in [0.717, 1.165) is 22.6 Å². The first-order valence-corrected chi connectivity index (χ1v) is 7.69. The second-order valence-corrected chi connectivity index (χ2v) is 5.76. The van der Waals surface area contributed by atoms with Gasteiger partial charge in [0, 0.05) is 17.8 Å². The van der Waals surface area contributed by atoms with Crippen molar-refractivity contribution in [1.82, 2.24) is 10.2 Å². The Morgan fingerprint density at radius 2 is 1.88 bits per heavy atom. The summed E-state index contributed by atoms with van der Waals surface area (Å²) in [6.07, 6.45) is -0.00290. The Labute approximate surface area is 140 Å². The molecule has 0 atom stereocenters. The zero-order valence-corrected chi connectivity index (χ0v) is 13.6. The fraction of sp³-hybridized carbons (Fsp3) is 0.167. The number of ether oxygens (including phenoxy) is 1. The Morgan fingerprint density at radius 1 is 1.12 bits per heavy atom. The summed E-state index contributed by atoms with van der Waals surface area (Å²) >= 11 is 0. The molecule has 5 N–H and O–H groups in total. The van der Waals surface area contributed by atoms with Crippen molar-refractivity contribution in [3.63, 3.8) is 0 Å². The van der Waals surface area contributed by atoms with Crippen LogP contribution >= 0.6 is 0 Å². The summed E-state index contributed by atoms with van der Waals surface area (Å²) in [6.45, 7) is 3.86. The maximum Gasteiger partial charge on any atom is 0.152 e. The average molecular weight is 324 g/mol. The van der Waals surface area contributed by atoms with Crippen molar-refractivity contribution in [2.75, 3.05) is 11.1 Å². The predicted octanol–water partition coefficient (Wildman–Crippen LogP) is 3.90. The number of phenolic OH excluding ortho intramolecular Hbond substituents is 1. The minimum atomic E-state index is -0.00290. The molecule has 0 saturated carbocycles. The number of nitrogens with one attached hydrogen (secondary N) is 2. The molecule has 3 rings (SSSR count). The number of phenols is 1. The average Bonchev–Trinajstić information content (AvgIpc) is 2.99. The molecule has 24 heavy (non-hydrogen) atoms. The summed E-state index contributed by atoms with van der Waals surface area (Å²) in [5.41, 5.74) is 9.03. The van der Waals surface area contributed by atoms with E-state index < -0.39 is 0 Å². The van der Waals surface area contributed by atoms with E-state index >= 15 is 0 Å². The number of hydrogen-bond acceptors (Lipinski definition) is 5. The topological polar surface area (TPSA) is 96.2 Å². The number of hydrogen-bond donors (Lipinski definition) is 4. The molecule has 2 aromatic carbocycles. The van der Waals surface area contributed by atoms with Crippen LogP contribution < -0.4 is 15.8 Å². The van der Waals surface area contributed by atoms with Gasteiger partial charge in [0.15, 0.2) is 5.82 Å². The van der Waals surface area contributed by atoms with Crippen molar-refractivity contribution in [2.24, 2.45) is 0 Å². The van der Waals surface area contributed by atoms with Crippen LogP contribution in [-0.4, -0.2) is 21.4 Å². The Balaban J connectivity index is 1.83. The van der Waals surface area contributed by atoms with Gasteiger partial charge in [-0.05, 0) is 43.7 Å². The normalized spacial score (nSPS) is 10.8. The van der Waals surface area contributed by atoms with Crippen LogP contribution in [0.15, 0.2) is 48.5 Å². The van der Waals surface area contributed by atoms with Crippen molar-refractivity contribution in [2.45, 2.75) is 20.0 Å². The molecular formula is C18H20N4O2. The smallest absolute Gasteiger partial charge is 0.152 e. The van der Waals surface area contributed by atoms with Gasteiger partial charge in [-0.15, -0.1) is 0 Å². The first kappa shape index (κ1) is 15.7. The van der Waals surface area contributed by atoms with Gasteiger partial charge in [0.25, 0.3) is 0 Å². The Kier molecular flexibility index (Phi) is 4.29. The predicted molar refractivity (Wildman–Crippen MR) is 95.6 cm³/mol. The van der Waals surface area contributed by atoms with Crippen molar-refractivity contribution >= 4 is 17.2 Å². The van der Waals surface area contributed by atoms with Crippen LogP contribution in [0.25, 0.3) is 11.3 Å². The molecule has 0 spiro atoms. The number of anilines is 3. The molecule has 0 aliphatic carbocycles. The SMILES string of the molecule is CC(C)Oc1cc(O)ccc1Nc1cc(-c2ccc(N)cc2)[nH]n1. The third kappa shape index (κ3) is 3.60. The van der Waals surface area contributed by atoms with E-state index in [0.29, 0.717) is 11.6 Å². The zero-order chi connectivity index (χ0) is 17.1. The summed E-state index contributed by atoms with van der Waals surface area (Å²) in [7, 11) is 0. The number of rotatable bonds is 5. The summed E-state index contributed by atoms with van der Waals surface area (Å²) < 4.78 is 5.73. The first-order valence-electron chi connectivity index (χ1n) is 7.69. The van der Waals surface area contributed by atoms with E-state index in [1.165, 1.54) is 0 Å². The lowest BCUT2D eigenvalue weighted by Crippen LogP contribution is -2.07. The molecule has 0 bridgehead atoms. The summed E-state index contributed by atoms with van der Waals surface area (Å²) in [5, 5.41) is 20.1. The highest BCUT2D eigenvalue weighted by atomic mass is 16.5. The molecule has 6 heteroatoms. The van der Waals surface area contributed by atoms with Gasteiger partial charge in [-0.25, -0.2) is 0 Å². The monoisotopic (exact) mass is 324 g/mol. The molecule has 0 fully saturated rings. The zero-order valence-electron chi connectivity index (χ0n) is 13.6. The molecule has 124 valence electrons. The van der Waals surface area contributed by atoms with Gasteiger partial charge >= 0.3 is 0 Å². The number of aromatic nitrogens is 2. The quantitative estimate of drug-likeness (QED) is 0.422. The lowest BCUT2D eigenvalue weighted by molar-refractivity contribution is 0.243. The fourth-order valence-electron chi connectivity index (χ4n) is 2.30. The Morgan fingerprint density at radius 3 is 2.58 bits per heavy atom. The number of benzene rings is 2. The van der Waals surface area contributed by atoms with E-state index in [2.05, 4.69) is 15.5 Å². The third-order valence-electron chi connectivity index (χ3n) is 3.39. The second kappa shape index (κ2) is 6.54. The van der Waals surface area contributed by atoms with Gasteiger partial charge in [0.2, 0.25) is 0 Å². The molecule has 0 amide bonds. The van der Waals surface area contributed by atoms with E-state index in [-0.39, 0.29) is 11.9 Å². The van der Waals surface area contributed by atoms with Crippen LogP contribution in [0.4, 0.5) is 17.2 Å². The van der Waals surface area contributed by atoms with Gasteiger partial charge in [-0.3, -0.25) is 5.10 Å². The lowest BCUT2D eigenvalue weighted by atomic mass is 10.1. The lowest BCUT2D eigenvalue weighted by Gasteiger charge is -2.14. The second-order valence-electron chi connectivity index (χ2n) is 5.76. The van der Waals surface area contributed by atoms with Gasteiger partial charge in [-0.2, -0.15) is 5.10 Å². The molecule has 0 unspecified atom stereocenters. The van der Waals surface area contributed by atoms with Gasteiger partial charge in [0.1, 0.15) is 11.5 Å². The molecular weight excluding hydrogens is 304 g/mol. The van der Waals surface area contributed by atoms with Crippen molar-refractivity contribution < 1.29 is 9.84 Å². The van der Waals surface area contributed by atoms with E-state index in [9.17, 15) is 5.11 Å². The number of H-pyrrole nitrogens is 1. The van der Waals surface area contributed by atoms with Crippen LogP contribution in [0.1, 0.15) is 13.8 Å². The molecule has 0 radical (unpaired) electrons. The van der Waals surface area contributed by atoms with Crippen LogP contribution in [0, 0.1) is 0 Å². The van der Waals surface area contributed by atoms with Crippen LogP contribution in [0.3, 0.4) is 0 Å². The van der Waals surface area contributed by atoms with Crippen LogP contribution in [0.5, 0.6) is 11.5 Å². The standard InChI is InChI=1S/C18H20N4O2/c1-11(2)24-17-9-14(23)7-8-15(17)20-18-10-16(21-22-18)12-3-5-13(19)6-4-12/h3-11,23H,19H2,1-2H3,(H2,20,21,22). The highest BCUT2D eigenvalue weighted by Gasteiger charge is 2.10. The Hall–Kier alpha value is -3.15. The first-order chi connectivity index (χ1) is 11.5. The molecule has 1 aromatic heterocycles. The van der Waals surface area contributed by atoms with Gasteiger partial charge < -0.3 is 20.9 Å². The molecule has 0 aliphatic rings. The van der Waals surface area contributed by atoms with Crippen LogP contribution in [-0.2, 0) is 0 Å². The third-order valence-corrected chi connectivity index (χ3v) is 3.39.